The number of rotatable bonds is 6. The number of aryl methyl sites for hydroxylation is 1. The summed E-state index contributed by atoms with van der Waals surface area (Å²) in [5.74, 6) is 1.58. The first kappa shape index (κ1) is 22.3. The Bertz CT molecular complexity index is 1170. The molecule has 172 valence electrons. The molecule has 8 heteroatoms. The Morgan fingerprint density at radius 3 is 2.88 bits per heavy atom. The van der Waals surface area contributed by atoms with E-state index in [9.17, 15) is 9.90 Å². The van der Waals surface area contributed by atoms with Crippen molar-refractivity contribution in [2.24, 2.45) is 0 Å². The molecule has 3 heterocycles. The maximum atomic E-state index is 13.3. The molecule has 0 radical (unpaired) electrons. The maximum absolute atomic E-state index is 13.3. The number of nitrogens with one attached hydrogen (secondary N) is 1. The minimum absolute atomic E-state index is 0.0585. The van der Waals surface area contributed by atoms with Gasteiger partial charge in [-0.25, -0.2) is 4.98 Å². The van der Waals surface area contributed by atoms with Gasteiger partial charge in [-0.2, -0.15) is 0 Å². The van der Waals surface area contributed by atoms with Crippen LogP contribution in [0.1, 0.15) is 57.2 Å². The molecule has 1 aliphatic heterocycles. The SMILES string of the molecule is O=c1c2c(nc3n1CCCCC3)sc1c(OCC(O)CNC3CCCCC3)c(Br)ccc12. The van der Waals surface area contributed by atoms with Gasteiger partial charge in [0, 0.05) is 30.9 Å². The van der Waals surface area contributed by atoms with Crippen LogP contribution in [0.3, 0.4) is 0 Å². The van der Waals surface area contributed by atoms with Gasteiger partial charge in [0.15, 0.2) is 5.75 Å². The molecule has 2 N–H and O–H groups in total. The molecule has 32 heavy (non-hydrogen) atoms. The number of ether oxygens (including phenoxy) is 1. The van der Waals surface area contributed by atoms with E-state index >= 15 is 0 Å². The summed E-state index contributed by atoms with van der Waals surface area (Å²) in [6, 6.07) is 4.40. The third-order valence-corrected chi connectivity index (χ3v) is 8.42. The quantitative estimate of drug-likeness (QED) is 0.490. The number of fused-ring (bicyclic) bond motifs is 4. The standard InChI is InChI=1S/C24H30BrN3O3S/c25-18-11-10-17-20-23(27-19-9-5-2-6-12-28(19)24(20)30)32-22(17)21(18)31-14-16(29)13-26-15-7-3-1-4-8-15/h10-11,15-16,26,29H,1-9,12-14H2. The lowest BCUT2D eigenvalue weighted by Crippen LogP contribution is -2.39. The third-order valence-electron chi connectivity index (χ3n) is 6.70. The number of thiophene rings is 1. The normalized spacial score (nSPS) is 18.6. The monoisotopic (exact) mass is 519 g/mol. The van der Waals surface area contributed by atoms with E-state index in [2.05, 4.69) is 21.2 Å². The van der Waals surface area contributed by atoms with Gasteiger partial charge in [0.25, 0.3) is 5.56 Å². The second kappa shape index (κ2) is 9.79. The predicted octanol–water partition coefficient (Wildman–Crippen LogP) is 4.76. The predicted molar refractivity (Wildman–Crippen MR) is 133 cm³/mol. The fraction of sp³-hybridized carbons (Fsp3) is 0.583. The van der Waals surface area contributed by atoms with Crippen LogP contribution in [0.2, 0.25) is 0 Å². The van der Waals surface area contributed by atoms with E-state index in [0.717, 1.165) is 57.4 Å². The van der Waals surface area contributed by atoms with Gasteiger partial charge >= 0.3 is 0 Å². The molecule has 6 nitrogen and oxygen atoms in total. The van der Waals surface area contributed by atoms with Gasteiger partial charge < -0.3 is 15.2 Å². The van der Waals surface area contributed by atoms with E-state index < -0.39 is 6.10 Å². The number of benzene rings is 1. The number of hydrogen-bond donors (Lipinski definition) is 2. The Morgan fingerprint density at radius 1 is 1.22 bits per heavy atom. The topological polar surface area (TPSA) is 76.4 Å². The molecular weight excluding hydrogens is 490 g/mol. The van der Waals surface area contributed by atoms with Gasteiger partial charge in [-0.1, -0.05) is 31.7 Å². The largest absolute Gasteiger partial charge is 0.488 e. The van der Waals surface area contributed by atoms with Crippen LogP contribution in [-0.2, 0) is 13.0 Å². The Labute approximate surface area is 200 Å². The zero-order valence-electron chi connectivity index (χ0n) is 18.2. The Kier molecular flexibility index (Phi) is 6.83. The van der Waals surface area contributed by atoms with E-state index in [1.54, 1.807) is 0 Å². The van der Waals surface area contributed by atoms with Crippen molar-refractivity contribution in [1.82, 2.24) is 14.9 Å². The smallest absolute Gasteiger partial charge is 0.262 e. The highest BCUT2D eigenvalue weighted by Crippen LogP contribution is 2.41. The van der Waals surface area contributed by atoms with Gasteiger partial charge in [0.1, 0.15) is 23.4 Å². The van der Waals surface area contributed by atoms with Crippen molar-refractivity contribution in [3.8, 4) is 5.75 Å². The summed E-state index contributed by atoms with van der Waals surface area (Å²) in [6.45, 7) is 1.48. The zero-order valence-corrected chi connectivity index (χ0v) is 20.6. The van der Waals surface area contributed by atoms with E-state index in [4.69, 9.17) is 9.72 Å². The number of nitrogens with zero attached hydrogens (tertiary/aromatic N) is 2. The van der Waals surface area contributed by atoms with E-state index in [1.807, 2.05) is 16.7 Å². The molecule has 0 amide bonds. The highest BCUT2D eigenvalue weighted by molar-refractivity contribution is 9.10. The van der Waals surface area contributed by atoms with Crippen LogP contribution < -0.4 is 15.6 Å². The van der Waals surface area contributed by atoms with Gasteiger partial charge in [-0.05, 0) is 47.7 Å². The van der Waals surface area contributed by atoms with E-state index in [0.29, 0.717) is 23.7 Å². The Hall–Kier alpha value is -1.48. The van der Waals surface area contributed by atoms with Crippen LogP contribution in [0.15, 0.2) is 21.4 Å². The van der Waals surface area contributed by atoms with Crippen LogP contribution in [0, 0.1) is 0 Å². The van der Waals surface area contributed by atoms with Crippen LogP contribution in [0.5, 0.6) is 5.75 Å². The van der Waals surface area contributed by atoms with E-state index in [1.165, 1.54) is 43.4 Å². The van der Waals surface area contributed by atoms with Crippen molar-refractivity contribution in [3.63, 3.8) is 0 Å². The number of aliphatic hydroxyl groups is 1. The first-order valence-corrected chi connectivity index (χ1v) is 13.4. The van der Waals surface area contributed by atoms with Gasteiger partial charge in [-0.3, -0.25) is 9.36 Å². The fourth-order valence-corrected chi connectivity index (χ4v) is 6.71. The first-order chi connectivity index (χ1) is 15.6. The first-order valence-electron chi connectivity index (χ1n) is 11.8. The maximum Gasteiger partial charge on any atom is 0.262 e. The molecule has 1 fully saturated rings. The summed E-state index contributed by atoms with van der Waals surface area (Å²) in [5.41, 5.74) is 0.0585. The van der Waals surface area contributed by atoms with Gasteiger partial charge in [0.05, 0.1) is 14.6 Å². The molecule has 5 rings (SSSR count). The number of halogens is 1. The molecule has 3 aromatic rings. The molecule has 0 saturated heterocycles. The van der Waals surface area contributed by atoms with Crippen molar-refractivity contribution >= 4 is 47.6 Å². The summed E-state index contributed by atoms with van der Waals surface area (Å²) in [7, 11) is 0. The Morgan fingerprint density at radius 2 is 2.03 bits per heavy atom. The number of aromatic nitrogens is 2. The van der Waals surface area contributed by atoms with Crippen molar-refractivity contribution in [1.29, 1.82) is 0 Å². The summed E-state index contributed by atoms with van der Waals surface area (Å²) in [5, 5.41) is 15.5. The lowest BCUT2D eigenvalue weighted by Gasteiger charge is -2.24. The molecule has 1 atom stereocenters. The number of aliphatic hydroxyl groups excluding tert-OH is 1. The van der Waals surface area contributed by atoms with Gasteiger partial charge in [0.2, 0.25) is 0 Å². The molecule has 1 saturated carbocycles. The summed E-state index contributed by atoms with van der Waals surface area (Å²) >= 11 is 5.11. The number of hydrogen-bond acceptors (Lipinski definition) is 6. The molecule has 0 spiro atoms. The van der Waals surface area contributed by atoms with Crippen LogP contribution in [0.4, 0.5) is 0 Å². The van der Waals surface area contributed by atoms with Crippen molar-refractivity contribution < 1.29 is 9.84 Å². The van der Waals surface area contributed by atoms with Crippen LogP contribution in [0.25, 0.3) is 20.3 Å². The molecule has 2 aliphatic rings. The molecular formula is C24H30BrN3O3S. The highest BCUT2D eigenvalue weighted by Gasteiger charge is 2.21. The second-order valence-corrected chi connectivity index (χ2v) is 10.9. The minimum atomic E-state index is -0.590. The van der Waals surface area contributed by atoms with Crippen molar-refractivity contribution in [2.45, 2.75) is 76.5 Å². The molecule has 2 aromatic heterocycles. The van der Waals surface area contributed by atoms with Gasteiger partial charge in [-0.15, -0.1) is 11.3 Å². The summed E-state index contributed by atoms with van der Waals surface area (Å²) < 4.78 is 9.70. The molecule has 1 unspecified atom stereocenters. The second-order valence-electron chi connectivity index (χ2n) is 9.04. The molecule has 1 aliphatic carbocycles. The lowest BCUT2D eigenvalue weighted by atomic mass is 9.95. The van der Waals surface area contributed by atoms with Crippen molar-refractivity contribution in [2.75, 3.05) is 13.2 Å². The Balaban J connectivity index is 1.40. The van der Waals surface area contributed by atoms with Crippen LogP contribution >= 0.6 is 27.3 Å². The average Bonchev–Trinajstić information content (AvgIpc) is 3.00. The molecule has 1 aromatic carbocycles. The fourth-order valence-electron chi connectivity index (χ4n) is 4.95. The average molecular weight is 520 g/mol. The molecule has 0 bridgehead atoms. The van der Waals surface area contributed by atoms with E-state index in [-0.39, 0.29) is 12.2 Å². The third kappa shape index (κ3) is 4.47. The van der Waals surface area contributed by atoms with Crippen LogP contribution in [-0.4, -0.2) is 40.0 Å². The zero-order chi connectivity index (χ0) is 22.1. The summed E-state index contributed by atoms with van der Waals surface area (Å²) in [6.07, 6.45) is 9.73. The van der Waals surface area contributed by atoms with Crippen molar-refractivity contribution in [3.05, 3.63) is 32.8 Å². The minimum Gasteiger partial charge on any atom is -0.488 e. The highest BCUT2D eigenvalue weighted by atomic mass is 79.9. The summed E-state index contributed by atoms with van der Waals surface area (Å²) in [4.78, 5) is 19.0. The lowest BCUT2D eigenvalue weighted by molar-refractivity contribution is 0.102.